The number of aliphatic carboxylic acids is 1. The smallest absolute Gasteiger partial charge is 0.326 e. The maximum Gasteiger partial charge on any atom is 0.326 e. The molecule has 0 bridgehead atoms. The zero-order valence-corrected chi connectivity index (χ0v) is 20.0. The number of carboxylic acid groups (broad SMARTS) is 1. The average molecular weight is 510 g/mol. The van der Waals surface area contributed by atoms with Crippen LogP contribution in [0.4, 0.5) is 0 Å². The van der Waals surface area contributed by atoms with Gasteiger partial charge in [-0.2, -0.15) is 11.8 Å². The van der Waals surface area contributed by atoms with Crippen LogP contribution < -0.4 is 21.7 Å². The zero-order chi connectivity index (χ0) is 26.0. The van der Waals surface area contributed by atoms with Crippen molar-refractivity contribution in [2.45, 2.75) is 37.0 Å². The molecule has 9 N–H and O–H groups in total. The van der Waals surface area contributed by atoms with E-state index in [0.717, 1.165) is 10.9 Å². The number of H-pyrrole nitrogens is 1. The van der Waals surface area contributed by atoms with Crippen molar-refractivity contribution < 1.29 is 34.5 Å². The number of hydrogen-bond acceptors (Lipinski definition) is 8. The van der Waals surface area contributed by atoms with Gasteiger partial charge in [0.05, 0.1) is 13.2 Å². The summed E-state index contributed by atoms with van der Waals surface area (Å²) in [6.45, 7) is -1.41. The highest BCUT2D eigenvalue weighted by atomic mass is 32.2. The highest BCUT2D eigenvalue weighted by Gasteiger charge is 2.30. The number of thioether (sulfide) groups is 1. The minimum Gasteiger partial charge on any atom is -0.480 e. The van der Waals surface area contributed by atoms with E-state index in [0.29, 0.717) is 11.3 Å². The molecule has 0 spiro atoms. The van der Waals surface area contributed by atoms with Crippen molar-refractivity contribution in [3.05, 3.63) is 36.0 Å². The number of aliphatic hydroxyl groups is 2. The number of aliphatic hydroxyl groups excluding tert-OH is 2. The van der Waals surface area contributed by atoms with Gasteiger partial charge >= 0.3 is 5.97 Å². The van der Waals surface area contributed by atoms with Crippen LogP contribution in [-0.2, 0) is 25.6 Å². The fourth-order valence-electron chi connectivity index (χ4n) is 3.33. The van der Waals surface area contributed by atoms with Gasteiger partial charge in [0, 0.05) is 23.5 Å². The maximum absolute atomic E-state index is 12.7. The predicted molar refractivity (Wildman–Crippen MR) is 131 cm³/mol. The number of hydrogen-bond donors (Lipinski definition) is 8. The molecule has 2 rings (SSSR count). The van der Waals surface area contributed by atoms with Crippen molar-refractivity contribution in [1.29, 1.82) is 0 Å². The maximum atomic E-state index is 12.7. The van der Waals surface area contributed by atoms with Crippen LogP contribution in [0.2, 0.25) is 0 Å². The van der Waals surface area contributed by atoms with E-state index in [1.807, 2.05) is 24.3 Å². The van der Waals surface area contributed by atoms with Crippen molar-refractivity contribution in [3.63, 3.8) is 0 Å². The van der Waals surface area contributed by atoms with E-state index in [9.17, 15) is 29.4 Å². The number of rotatable bonds is 14. The van der Waals surface area contributed by atoms with Gasteiger partial charge in [-0.1, -0.05) is 18.2 Å². The van der Waals surface area contributed by atoms with E-state index in [1.54, 1.807) is 12.5 Å². The Bertz CT molecular complexity index is 1030. The number of carboxylic acids is 1. The molecule has 2 aromatic rings. The summed E-state index contributed by atoms with van der Waals surface area (Å²) in [5.74, 6) is -3.18. The molecule has 0 aliphatic carbocycles. The third kappa shape index (κ3) is 7.96. The van der Waals surface area contributed by atoms with Crippen LogP contribution >= 0.6 is 11.8 Å². The lowest BCUT2D eigenvalue weighted by atomic mass is 10.0. The first-order valence-corrected chi connectivity index (χ1v) is 12.3. The van der Waals surface area contributed by atoms with Crippen LogP contribution in [0.15, 0.2) is 30.5 Å². The lowest BCUT2D eigenvalue weighted by molar-refractivity contribution is -0.142. The van der Waals surface area contributed by atoms with E-state index in [2.05, 4.69) is 20.9 Å². The van der Waals surface area contributed by atoms with Crippen molar-refractivity contribution >= 4 is 46.4 Å². The predicted octanol–water partition coefficient (Wildman–Crippen LogP) is -1.69. The number of carbonyl (C=O) groups excluding carboxylic acids is 3. The van der Waals surface area contributed by atoms with Gasteiger partial charge in [0.2, 0.25) is 17.7 Å². The van der Waals surface area contributed by atoms with Crippen LogP contribution in [0.5, 0.6) is 0 Å². The summed E-state index contributed by atoms with van der Waals surface area (Å²) in [7, 11) is 0. The minimum atomic E-state index is -1.45. The van der Waals surface area contributed by atoms with Gasteiger partial charge in [-0.25, -0.2) is 4.79 Å². The van der Waals surface area contributed by atoms with E-state index in [-0.39, 0.29) is 12.8 Å². The van der Waals surface area contributed by atoms with Crippen molar-refractivity contribution in [2.75, 3.05) is 25.2 Å². The zero-order valence-electron chi connectivity index (χ0n) is 19.2. The third-order valence-electron chi connectivity index (χ3n) is 5.31. The molecule has 0 aliphatic rings. The second kappa shape index (κ2) is 13.7. The molecule has 13 heteroatoms. The molecule has 0 saturated heterocycles. The Morgan fingerprint density at radius 1 is 0.971 bits per heavy atom. The molecule has 0 radical (unpaired) electrons. The summed E-state index contributed by atoms with van der Waals surface area (Å²) in [6, 6.07) is 2.24. The van der Waals surface area contributed by atoms with Gasteiger partial charge < -0.3 is 42.0 Å². The minimum absolute atomic E-state index is 0.0252. The molecule has 3 amide bonds. The summed E-state index contributed by atoms with van der Waals surface area (Å²) in [6.07, 6.45) is 3.64. The van der Waals surface area contributed by atoms with Gasteiger partial charge in [-0.15, -0.1) is 0 Å². The second-order valence-corrected chi connectivity index (χ2v) is 8.82. The number of para-hydroxylation sites is 1. The molecule has 1 aromatic heterocycles. The van der Waals surface area contributed by atoms with Crippen molar-refractivity contribution in [2.24, 2.45) is 5.73 Å². The second-order valence-electron chi connectivity index (χ2n) is 7.84. The first-order valence-electron chi connectivity index (χ1n) is 10.9. The fraction of sp³-hybridized carbons (Fsp3) is 0.455. The lowest BCUT2D eigenvalue weighted by Gasteiger charge is -2.24. The van der Waals surface area contributed by atoms with E-state index < -0.39 is 61.1 Å². The van der Waals surface area contributed by atoms with Crippen LogP contribution in [0, 0.1) is 0 Å². The van der Waals surface area contributed by atoms with Crippen LogP contribution in [0.3, 0.4) is 0 Å². The van der Waals surface area contributed by atoms with Crippen molar-refractivity contribution in [1.82, 2.24) is 20.9 Å². The number of carbonyl (C=O) groups is 4. The quantitative estimate of drug-likeness (QED) is 0.146. The van der Waals surface area contributed by atoms with Crippen LogP contribution in [-0.4, -0.2) is 93.4 Å². The normalized spacial score (nSPS) is 14.5. The largest absolute Gasteiger partial charge is 0.480 e. The Hall–Kier alpha value is -3.13. The van der Waals surface area contributed by atoms with E-state index in [4.69, 9.17) is 10.8 Å². The monoisotopic (exact) mass is 509 g/mol. The number of amides is 3. The molecule has 35 heavy (non-hydrogen) atoms. The number of nitrogens with two attached hydrogens (primary N) is 1. The number of aromatic nitrogens is 1. The Morgan fingerprint density at radius 3 is 2.23 bits per heavy atom. The van der Waals surface area contributed by atoms with Gasteiger partial charge in [0.15, 0.2) is 0 Å². The number of nitrogens with one attached hydrogen (secondary N) is 4. The molecular formula is C22H31N5O7S. The Labute approximate surface area is 206 Å². The van der Waals surface area contributed by atoms with E-state index >= 15 is 0 Å². The molecule has 1 heterocycles. The van der Waals surface area contributed by atoms with Gasteiger partial charge in [-0.05, 0) is 30.1 Å². The van der Waals surface area contributed by atoms with Crippen LogP contribution in [0.25, 0.3) is 10.9 Å². The Balaban J connectivity index is 2.08. The SMILES string of the molecule is CSCCC(NC(=O)C(N)CO)C(=O)NC(CO)C(=O)NC(Cc1c[nH]c2ccccc12)C(=O)O. The van der Waals surface area contributed by atoms with Crippen molar-refractivity contribution in [3.8, 4) is 0 Å². The van der Waals surface area contributed by atoms with Gasteiger partial charge in [0.25, 0.3) is 0 Å². The molecule has 12 nitrogen and oxygen atoms in total. The molecule has 4 atom stereocenters. The van der Waals surface area contributed by atoms with E-state index in [1.165, 1.54) is 11.8 Å². The molecule has 0 fully saturated rings. The Kier molecular flexibility index (Phi) is 11.0. The molecule has 192 valence electrons. The summed E-state index contributed by atoms with van der Waals surface area (Å²) in [5, 5.41) is 36.3. The summed E-state index contributed by atoms with van der Waals surface area (Å²) in [5.41, 5.74) is 6.98. The molecule has 0 saturated carbocycles. The lowest BCUT2D eigenvalue weighted by Crippen LogP contribution is -2.58. The Morgan fingerprint density at radius 2 is 1.60 bits per heavy atom. The molecule has 0 aliphatic heterocycles. The average Bonchev–Trinajstić information content (AvgIpc) is 3.26. The fourth-order valence-corrected chi connectivity index (χ4v) is 3.80. The van der Waals surface area contributed by atoms with Gasteiger partial charge in [0.1, 0.15) is 24.2 Å². The summed E-state index contributed by atoms with van der Waals surface area (Å²) in [4.78, 5) is 52.3. The van der Waals surface area contributed by atoms with Gasteiger partial charge in [-0.3, -0.25) is 14.4 Å². The number of fused-ring (bicyclic) bond motifs is 1. The first-order chi connectivity index (χ1) is 16.7. The molecule has 1 aromatic carbocycles. The topological polar surface area (TPSA) is 207 Å². The number of benzene rings is 1. The molecular weight excluding hydrogens is 478 g/mol. The summed E-state index contributed by atoms with van der Waals surface area (Å²) < 4.78 is 0. The van der Waals surface area contributed by atoms with Crippen LogP contribution in [0.1, 0.15) is 12.0 Å². The summed E-state index contributed by atoms with van der Waals surface area (Å²) >= 11 is 1.43. The third-order valence-corrected chi connectivity index (χ3v) is 5.95. The standard InChI is InChI=1S/C22H31N5O7S/c1-35-7-6-16(25-19(30)14(23)10-28)20(31)27-18(11-29)21(32)26-17(22(33)34)8-12-9-24-15-5-3-2-4-13(12)15/h2-5,9,14,16-18,24,28-29H,6-8,10-11,23H2,1H3,(H,25,30)(H,26,32)(H,27,31)(H,33,34). The highest BCUT2D eigenvalue weighted by molar-refractivity contribution is 7.98. The molecule has 4 unspecified atom stereocenters. The first kappa shape index (κ1) is 28.1. The number of aromatic amines is 1. The highest BCUT2D eigenvalue weighted by Crippen LogP contribution is 2.19.